The van der Waals surface area contributed by atoms with Crippen LogP contribution in [0.25, 0.3) is 10.9 Å². The summed E-state index contributed by atoms with van der Waals surface area (Å²) in [5.74, 6) is 0. The maximum atomic E-state index is 3.70. The molecule has 0 saturated carbocycles. The molecule has 0 saturated heterocycles. The van der Waals surface area contributed by atoms with Crippen LogP contribution < -0.4 is 17.7 Å². The van der Waals surface area contributed by atoms with E-state index in [1.54, 1.807) is 5.56 Å². The average Bonchev–Trinajstić information content (AvgIpc) is 2.92. The zero-order valence-electron chi connectivity index (χ0n) is 13.5. The fourth-order valence-corrected chi connectivity index (χ4v) is 3.74. The molecular formula is C20H23ClN2. The maximum Gasteiger partial charge on any atom is 0.127 e. The molecule has 0 radical (unpaired) electrons. The van der Waals surface area contributed by atoms with Crippen LogP contribution in [-0.2, 0) is 13.0 Å². The third kappa shape index (κ3) is 3.15. The number of hydrogen-bond acceptors (Lipinski definition) is 0. The number of H-pyrrole nitrogens is 1. The maximum absolute atomic E-state index is 3.70. The number of rotatable bonds is 3. The fourth-order valence-electron chi connectivity index (χ4n) is 3.74. The predicted molar refractivity (Wildman–Crippen MR) is 90.8 cm³/mol. The van der Waals surface area contributed by atoms with Crippen molar-refractivity contribution in [3.05, 3.63) is 70.9 Å². The van der Waals surface area contributed by atoms with E-state index in [2.05, 4.69) is 65.8 Å². The Morgan fingerprint density at radius 1 is 1.13 bits per heavy atom. The van der Waals surface area contributed by atoms with Gasteiger partial charge in [0.15, 0.2) is 0 Å². The predicted octanol–water partition coefficient (Wildman–Crippen LogP) is 0.621. The molecule has 0 bridgehead atoms. The number of halogens is 1. The van der Waals surface area contributed by atoms with Crippen LogP contribution in [0.1, 0.15) is 41.3 Å². The molecular weight excluding hydrogens is 304 g/mol. The van der Waals surface area contributed by atoms with Gasteiger partial charge in [0.25, 0.3) is 0 Å². The summed E-state index contributed by atoms with van der Waals surface area (Å²) in [4.78, 5) is 3.70. The third-order valence-electron chi connectivity index (χ3n) is 4.89. The molecule has 120 valence electrons. The van der Waals surface area contributed by atoms with Crippen LogP contribution in [0.3, 0.4) is 0 Å². The first-order valence-electron chi connectivity index (χ1n) is 8.29. The van der Waals surface area contributed by atoms with Gasteiger partial charge in [0.2, 0.25) is 0 Å². The summed E-state index contributed by atoms with van der Waals surface area (Å²) in [6.45, 7) is 3.24. The van der Waals surface area contributed by atoms with Crippen molar-refractivity contribution in [2.45, 2.75) is 38.8 Å². The van der Waals surface area contributed by atoms with E-state index >= 15 is 0 Å². The van der Waals surface area contributed by atoms with Gasteiger partial charge in [-0.15, -0.1) is 0 Å². The number of fused-ring (bicyclic) bond motifs is 3. The third-order valence-corrected chi connectivity index (χ3v) is 4.89. The monoisotopic (exact) mass is 326 g/mol. The van der Waals surface area contributed by atoms with Gasteiger partial charge < -0.3 is 22.7 Å². The number of aromatic amines is 1. The Hall–Kier alpha value is -1.77. The summed E-state index contributed by atoms with van der Waals surface area (Å²) < 4.78 is 0. The van der Waals surface area contributed by atoms with E-state index in [4.69, 9.17) is 0 Å². The number of benzene rings is 2. The van der Waals surface area contributed by atoms with Crippen molar-refractivity contribution in [1.29, 1.82) is 0 Å². The van der Waals surface area contributed by atoms with Crippen LogP contribution in [0.5, 0.6) is 0 Å². The first kappa shape index (κ1) is 16.1. The van der Waals surface area contributed by atoms with Crippen molar-refractivity contribution < 1.29 is 17.7 Å². The lowest BCUT2D eigenvalue weighted by atomic mass is 9.91. The Labute approximate surface area is 143 Å². The largest absolute Gasteiger partial charge is 1.00 e. The van der Waals surface area contributed by atoms with E-state index in [0.29, 0.717) is 6.04 Å². The number of hydrogen-bond donors (Lipinski definition) is 2. The Morgan fingerprint density at radius 3 is 2.78 bits per heavy atom. The molecule has 3 heteroatoms. The molecule has 2 aromatic carbocycles. The molecule has 0 amide bonds. The molecule has 3 N–H and O–H groups in total. The lowest BCUT2D eigenvalue weighted by Gasteiger charge is -2.21. The van der Waals surface area contributed by atoms with Gasteiger partial charge in [-0.3, -0.25) is 0 Å². The van der Waals surface area contributed by atoms with E-state index in [0.717, 1.165) is 6.54 Å². The molecule has 1 aliphatic rings. The summed E-state index contributed by atoms with van der Waals surface area (Å²) in [6, 6.07) is 18.1. The second-order valence-electron chi connectivity index (χ2n) is 6.49. The molecule has 23 heavy (non-hydrogen) atoms. The standard InChI is InChI=1S/C20H22N2.ClH/c1-14-10-11-18-17(12-14)16-8-5-9-19(20(16)22-18)21-13-15-6-3-2-4-7-15;/h2-4,6-7,10-12,19,21-22H,5,8-9,13H2,1H3;1H. The molecule has 2 nitrogen and oxygen atoms in total. The highest BCUT2D eigenvalue weighted by atomic mass is 35.5. The molecule has 1 aliphatic carbocycles. The van der Waals surface area contributed by atoms with Crippen LogP contribution >= 0.6 is 0 Å². The highest BCUT2D eigenvalue weighted by molar-refractivity contribution is 5.85. The van der Waals surface area contributed by atoms with Gasteiger partial charge >= 0.3 is 0 Å². The molecule has 1 aromatic heterocycles. The smallest absolute Gasteiger partial charge is 0.127 e. The molecule has 3 aromatic rings. The van der Waals surface area contributed by atoms with Crippen LogP contribution in [-0.4, -0.2) is 4.98 Å². The van der Waals surface area contributed by atoms with Crippen LogP contribution in [0.15, 0.2) is 48.5 Å². The fraction of sp³-hybridized carbons (Fsp3) is 0.300. The number of nitrogens with one attached hydrogen (secondary N) is 1. The van der Waals surface area contributed by atoms with E-state index in [1.807, 2.05) is 0 Å². The minimum Gasteiger partial charge on any atom is -1.00 e. The summed E-state index contributed by atoms with van der Waals surface area (Å²) in [7, 11) is 0. The molecule has 1 unspecified atom stereocenters. The van der Waals surface area contributed by atoms with Crippen LogP contribution in [0.2, 0.25) is 0 Å². The van der Waals surface area contributed by atoms with Crippen molar-refractivity contribution in [1.82, 2.24) is 4.98 Å². The van der Waals surface area contributed by atoms with Gasteiger partial charge in [0.1, 0.15) is 12.6 Å². The number of aryl methyl sites for hydroxylation is 2. The Bertz CT molecular complexity index is 792. The van der Waals surface area contributed by atoms with Crippen molar-refractivity contribution in [2.24, 2.45) is 0 Å². The highest BCUT2D eigenvalue weighted by Gasteiger charge is 2.26. The summed E-state index contributed by atoms with van der Waals surface area (Å²) >= 11 is 0. The molecule has 1 heterocycles. The normalized spacial score (nSPS) is 16.8. The molecule has 1 atom stereocenters. The van der Waals surface area contributed by atoms with Crippen molar-refractivity contribution in [3.63, 3.8) is 0 Å². The van der Waals surface area contributed by atoms with E-state index in [1.165, 1.54) is 47.0 Å². The lowest BCUT2D eigenvalue weighted by molar-refractivity contribution is -0.712. The van der Waals surface area contributed by atoms with Crippen molar-refractivity contribution in [3.8, 4) is 0 Å². The van der Waals surface area contributed by atoms with E-state index in [-0.39, 0.29) is 12.4 Å². The van der Waals surface area contributed by atoms with Gasteiger partial charge in [-0.25, -0.2) is 0 Å². The van der Waals surface area contributed by atoms with Gasteiger partial charge in [0.05, 0.1) is 5.69 Å². The first-order valence-corrected chi connectivity index (χ1v) is 8.29. The van der Waals surface area contributed by atoms with Crippen molar-refractivity contribution >= 4 is 10.9 Å². The summed E-state index contributed by atoms with van der Waals surface area (Å²) in [6.07, 6.45) is 3.78. The quantitative estimate of drug-likeness (QED) is 0.707. The number of quaternary nitrogens is 1. The molecule has 4 rings (SSSR count). The molecule has 0 spiro atoms. The zero-order chi connectivity index (χ0) is 14.9. The second-order valence-corrected chi connectivity index (χ2v) is 6.49. The zero-order valence-corrected chi connectivity index (χ0v) is 14.2. The number of aromatic nitrogens is 1. The average molecular weight is 327 g/mol. The minimum absolute atomic E-state index is 0. The topological polar surface area (TPSA) is 32.4 Å². The Morgan fingerprint density at radius 2 is 1.96 bits per heavy atom. The van der Waals surface area contributed by atoms with Gasteiger partial charge in [-0.05, 0) is 37.5 Å². The van der Waals surface area contributed by atoms with Gasteiger partial charge in [-0.1, -0.05) is 42.0 Å². The van der Waals surface area contributed by atoms with E-state index < -0.39 is 0 Å². The second kappa shape index (κ2) is 6.77. The summed E-state index contributed by atoms with van der Waals surface area (Å²) in [5, 5.41) is 3.93. The van der Waals surface area contributed by atoms with Crippen LogP contribution in [0.4, 0.5) is 0 Å². The van der Waals surface area contributed by atoms with Crippen LogP contribution in [0, 0.1) is 6.92 Å². The van der Waals surface area contributed by atoms with Crippen molar-refractivity contribution in [2.75, 3.05) is 0 Å². The molecule has 0 aliphatic heterocycles. The van der Waals surface area contributed by atoms with Gasteiger partial charge in [0, 0.05) is 22.9 Å². The highest BCUT2D eigenvalue weighted by Crippen LogP contribution is 2.33. The SMILES string of the molecule is Cc1ccc2[nH]c3c(c2c1)CCCC3[NH2+]Cc1ccccc1.[Cl-]. The minimum atomic E-state index is 0. The summed E-state index contributed by atoms with van der Waals surface area (Å²) in [5.41, 5.74) is 7.07. The number of nitrogens with two attached hydrogens (primary N) is 1. The van der Waals surface area contributed by atoms with E-state index in [9.17, 15) is 0 Å². The Balaban J connectivity index is 0.00000156. The molecule has 0 fully saturated rings. The Kier molecular flexibility index (Phi) is 4.74. The van der Waals surface area contributed by atoms with Gasteiger partial charge in [-0.2, -0.15) is 0 Å². The first-order chi connectivity index (χ1) is 10.8. The lowest BCUT2D eigenvalue weighted by Crippen LogP contribution is -3.00.